The minimum absolute atomic E-state index is 0.0468. The van der Waals surface area contributed by atoms with Crippen molar-refractivity contribution in [1.82, 2.24) is 5.32 Å². The van der Waals surface area contributed by atoms with Crippen molar-refractivity contribution in [2.45, 2.75) is 30.0 Å². The summed E-state index contributed by atoms with van der Waals surface area (Å²) < 4.78 is 50.5. The van der Waals surface area contributed by atoms with Crippen LogP contribution in [0.15, 0.2) is 59.5 Å². The average molecular weight is 412 g/mol. The molecule has 0 aliphatic carbocycles. The lowest BCUT2D eigenvalue weighted by Crippen LogP contribution is -2.45. The van der Waals surface area contributed by atoms with Crippen LogP contribution in [0.25, 0.3) is 0 Å². The SMILES string of the molecule is NC(=O)[C@H](CC[S@@](=O)c1ccccc1)NC(=O)Cc1cccc(C(F)(F)F)c1. The summed E-state index contributed by atoms with van der Waals surface area (Å²) in [6.07, 6.45) is -4.80. The van der Waals surface area contributed by atoms with E-state index in [4.69, 9.17) is 5.73 Å². The fraction of sp³-hybridized carbons (Fsp3) is 0.263. The van der Waals surface area contributed by atoms with Crippen LogP contribution < -0.4 is 11.1 Å². The van der Waals surface area contributed by atoms with Gasteiger partial charge in [-0.2, -0.15) is 13.2 Å². The predicted molar refractivity (Wildman–Crippen MR) is 98.6 cm³/mol. The lowest BCUT2D eigenvalue weighted by atomic mass is 10.1. The van der Waals surface area contributed by atoms with Crippen molar-refractivity contribution in [3.63, 3.8) is 0 Å². The van der Waals surface area contributed by atoms with E-state index in [-0.39, 0.29) is 24.2 Å². The maximum Gasteiger partial charge on any atom is 0.416 e. The number of carbonyl (C=O) groups is 2. The first-order chi connectivity index (χ1) is 13.2. The predicted octanol–water partition coefficient (Wildman–Crippen LogP) is 2.42. The van der Waals surface area contributed by atoms with Gasteiger partial charge in [0.15, 0.2) is 0 Å². The number of amides is 2. The maximum absolute atomic E-state index is 12.7. The summed E-state index contributed by atoms with van der Waals surface area (Å²) in [5.74, 6) is -1.35. The van der Waals surface area contributed by atoms with Crippen molar-refractivity contribution in [3.05, 3.63) is 65.7 Å². The summed E-state index contributed by atoms with van der Waals surface area (Å²) in [5, 5.41) is 2.40. The van der Waals surface area contributed by atoms with Crippen LogP contribution in [0, 0.1) is 0 Å². The van der Waals surface area contributed by atoms with Crippen LogP contribution in [0.3, 0.4) is 0 Å². The number of alkyl halides is 3. The number of carbonyl (C=O) groups excluding carboxylic acids is 2. The van der Waals surface area contributed by atoms with Crippen LogP contribution in [0.5, 0.6) is 0 Å². The van der Waals surface area contributed by atoms with E-state index in [9.17, 15) is 27.0 Å². The molecule has 0 fully saturated rings. The Balaban J connectivity index is 1.95. The topological polar surface area (TPSA) is 89.3 Å². The summed E-state index contributed by atoms with van der Waals surface area (Å²) in [6.45, 7) is 0. The fourth-order valence-corrected chi connectivity index (χ4v) is 3.64. The minimum Gasteiger partial charge on any atom is -0.368 e. The molecule has 0 bridgehead atoms. The molecule has 0 heterocycles. The van der Waals surface area contributed by atoms with Crippen LogP contribution in [0.1, 0.15) is 17.5 Å². The van der Waals surface area contributed by atoms with Gasteiger partial charge >= 0.3 is 6.18 Å². The van der Waals surface area contributed by atoms with E-state index in [1.807, 2.05) is 0 Å². The highest BCUT2D eigenvalue weighted by Crippen LogP contribution is 2.29. The van der Waals surface area contributed by atoms with Crippen molar-refractivity contribution in [3.8, 4) is 0 Å². The van der Waals surface area contributed by atoms with Gasteiger partial charge in [0.05, 0.1) is 22.8 Å². The second-order valence-electron chi connectivity index (χ2n) is 6.05. The van der Waals surface area contributed by atoms with Crippen LogP contribution in [0.2, 0.25) is 0 Å². The van der Waals surface area contributed by atoms with Gasteiger partial charge in [-0.05, 0) is 30.2 Å². The fourth-order valence-electron chi connectivity index (χ4n) is 2.49. The van der Waals surface area contributed by atoms with Gasteiger partial charge in [0.25, 0.3) is 0 Å². The number of nitrogens with two attached hydrogens (primary N) is 1. The van der Waals surface area contributed by atoms with E-state index in [0.29, 0.717) is 4.90 Å². The third-order valence-electron chi connectivity index (χ3n) is 3.90. The van der Waals surface area contributed by atoms with E-state index < -0.39 is 40.4 Å². The van der Waals surface area contributed by atoms with E-state index in [1.165, 1.54) is 12.1 Å². The van der Waals surface area contributed by atoms with Crippen molar-refractivity contribution in [1.29, 1.82) is 0 Å². The summed E-state index contributed by atoms with van der Waals surface area (Å²) >= 11 is 0. The molecule has 9 heteroatoms. The smallest absolute Gasteiger partial charge is 0.368 e. The quantitative estimate of drug-likeness (QED) is 0.698. The zero-order chi connectivity index (χ0) is 20.7. The molecule has 0 saturated carbocycles. The van der Waals surface area contributed by atoms with Gasteiger partial charge in [0.1, 0.15) is 6.04 Å². The molecule has 3 N–H and O–H groups in total. The third-order valence-corrected chi connectivity index (χ3v) is 5.30. The van der Waals surface area contributed by atoms with Gasteiger partial charge in [-0.15, -0.1) is 0 Å². The number of primary amides is 1. The molecule has 0 aliphatic rings. The molecule has 0 radical (unpaired) electrons. The number of rotatable bonds is 8. The van der Waals surface area contributed by atoms with Crippen LogP contribution in [0.4, 0.5) is 13.2 Å². The molecular formula is C19H19F3N2O3S. The van der Waals surface area contributed by atoms with Crippen molar-refractivity contribution in [2.75, 3.05) is 5.75 Å². The first-order valence-corrected chi connectivity index (χ1v) is 9.67. The molecular weight excluding hydrogens is 393 g/mol. The lowest BCUT2D eigenvalue weighted by molar-refractivity contribution is -0.137. The standard InChI is InChI=1S/C19H19F3N2O3S/c20-19(21,22)14-6-4-5-13(11-14)12-17(25)24-16(18(23)26)9-10-28(27)15-7-2-1-3-8-15/h1-8,11,16H,9-10,12H2,(H2,23,26)(H,24,25)/t16-,28+/m0/s1. The zero-order valence-electron chi connectivity index (χ0n) is 14.7. The number of hydrogen-bond donors (Lipinski definition) is 2. The molecule has 0 spiro atoms. The number of benzene rings is 2. The van der Waals surface area contributed by atoms with Crippen LogP contribution >= 0.6 is 0 Å². The highest BCUT2D eigenvalue weighted by molar-refractivity contribution is 7.85. The Morgan fingerprint density at radius 2 is 1.75 bits per heavy atom. The molecule has 5 nitrogen and oxygen atoms in total. The Morgan fingerprint density at radius 3 is 2.36 bits per heavy atom. The molecule has 2 atom stereocenters. The van der Waals surface area contributed by atoms with Gasteiger partial charge in [-0.25, -0.2) is 0 Å². The van der Waals surface area contributed by atoms with E-state index in [0.717, 1.165) is 12.1 Å². The Labute approximate surface area is 162 Å². The summed E-state index contributed by atoms with van der Waals surface area (Å²) in [6, 6.07) is 11.9. The lowest BCUT2D eigenvalue weighted by Gasteiger charge is -2.16. The summed E-state index contributed by atoms with van der Waals surface area (Å²) in [7, 11) is -1.37. The number of halogens is 3. The second kappa shape index (κ2) is 9.50. The first-order valence-electron chi connectivity index (χ1n) is 8.35. The largest absolute Gasteiger partial charge is 0.416 e. The van der Waals surface area contributed by atoms with Crippen LogP contribution in [-0.4, -0.2) is 27.8 Å². The second-order valence-corrected chi connectivity index (χ2v) is 7.62. The van der Waals surface area contributed by atoms with Gasteiger partial charge in [-0.3, -0.25) is 13.8 Å². The Morgan fingerprint density at radius 1 is 1.07 bits per heavy atom. The van der Waals surface area contributed by atoms with Crippen molar-refractivity contribution >= 4 is 22.6 Å². The van der Waals surface area contributed by atoms with E-state index in [2.05, 4.69) is 5.32 Å². The molecule has 0 unspecified atom stereocenters. The number of hydrogen-bond acceptors (Lipinski definition) is 3. The molecule has 0 aromatic heterocycles. The molecule has 0 aliphatic heterocycles. The van der Waals surface area contributed by atoms with Gasteiger partial charge in [0, 0.05) is 10.6 Å². The first kappa shape index (κ1) is 21.6. The third kappa shape index (κ3) is 6.49. The van der Waals surface area contributed by atoms with Crippen LogP contribution in [-0.2, 0) is 33.0 Å². The number of nitrogens with one attached hydrogen (secondary N) is 1. The highest BCUT2D eigenvalue weighted by Gasteiger charge is 2.30. The maximum atomic E-state index is 12.7. The normalized spacial score (nSPS) is 13.5. The molecule has 2 rings (SSSR count). The molecule has 28 heavy (non-hydrogen) atoms. The average Bonchev–Trinajstić information content (AvgIpc) is 2.64. The van der Waals surface area contributed by atoms with Crippen molar-refractivity contribution < 1.29 is 27.0 Å². The molecule has 2 aromatic carbocycles. The molecule has 2 amide bonds. The summed E-state index contributed by atoms with van der Waals surface area (Å²) in [5.41, 5.74) is 4.58. The molecule has 150 valence electrons. The van der Waals surface area contributed by atoms with Gasteiger partial charge < -0.3 is 11.1 Å². The molecule has 2 aromatic rings. The van der Waals surface area contributed by atoms with Crippen molar-refractivity contribution in [2.24, 2.45) is 5.73 Å². The summed E-state index contributed by atoms with van der Waals surface area (Å²) in [4.78, 5) is 24.3. The zero-order valence-corrected chi connectivity index (χ0v) is 15.6. The minimum atomic E-state index is -4.51. The monoisotopic (exact) mass is 412 g/mol. The Hall–Kier alpha value is -2.68. The highest BCUT2D eigenvalue weighted by atomic mass is 32.2. The van der Waals surface area contributed by atoms with Gasteiger partial charge in [0.2, 0.25) is 11.8 Å². The Bertz CT molecular complexity index is 857. The van der Waals surface area contributed by atoms with E-state index >= 15 is 0 Å². The van der Waals surface area contributed by atoms with Gasteiger partial charge in [-0.1, -0.05) is 36.4 Å². The van der Waals surface area contributed by atoms with E-state index in [1.54, 1.807) is 30.3 Å². The Kier molecular flexibility index (Phi) is 7.33. The molecule has 0 saturated heterocycles.